The minimum absolute atomic E-state index is 0.0573. The summed E-state index contributed by atoms with van der Waals surface area (Å²) in [6.07, 6.45) is 4.79. The maximum Gasteiger partial charge on any atom is 0.319 e. The molecule has 0 bridgehead atoms. The maximum atomic E-state index is 13.6. The van der Waals surface area contributed by atoms with Gasteiger partial charge in [-0.3, -0.25) is 4.98 Å². The van der Waals surface area contributed by atoms with Gasteiger partial charge in [0.25, 0.3) is 10.0 Å². The standard InChI is InChI=1S/C24H23N7O3S/c1-14(2)27-22-12-26-11-20(28-22)19-13-31(35(32,33)17-7-4-15(3)5-8-17)21-9-6-16(10-18(19)21)23-29-24(25)34-30-23/h4-14H,1-3H3,(H,27,28)(H2,25,29,30). The summed E-state index contributed by atoms with van der Waals surface area (Å²) < 4.78 is 33.4. The van der Waals surface area contributed by atoms with Crippen molar-refractivity contribution in [3.63, 3.8) is 0 Å². The number of nitrogens with one attached hydrogen (secondary N) is 1. The van der Waals surface area contributed by atoms with E-state index in [9.17, 15) is 8.42 Å². The normalized spacial score (nSPS) is 11.9. The van der Waals surface area contributed by atoms with Crippen molar-refractivity contribution in [1.82, 2.24) is 24.1 Å². The Balaban J connectivity index is 1.74. The summed E-state index contributed by atoms with van der Waals surface area (Å²) in [6, 6.07) is 12.0. The van der Waals surface area contributed by atoms with Gasteiger partial charge in [-0.15, -0.1) is 0 Å². The summed E-state index contributed by atoms with van der Waals surface area (Å²) in [5, 5.41) is 7.74. The Bertz CT molecular complexity index is 1640. The highest BCUT2D eigenvalue weighted by Gasteiger charge is 2.23. The van der Waals surface area contributed by atoms with E-state index in [2.05, 4.69) is 25.4 Å². The lowest BCUT2D eigenvalue weighted by Crippen LogP contribution is -2.12. The first-order chi connectivity index (χ1) is 16.7. The molecule has 0 saturated carbocycles. The summed E-state index contributed by atoms with van der Waals surface area (Å²) in [5.74, 6) is 0.882. The van der Waals surface area contributed by atoms with Crippen molar-refractivity contribution < 1.29 is 12.9 Å². The number of rotatable bonds is 6. The second-order valence-corrected chi connectivity index (χ2v) is 10.2. The van der Waals surface area contributed by atoms with Crippen LogP contribution in [0.4, 0.5) is 11.8 Å². The van der Waals surface area contributed by atoms with Crippen LogP contribution >= 0.6 is 0 Å². The van der Waals surface area contributed by atoms with Gasteiger partial charge in [-0.05, 0) is 51.1 Å². The molecule has 0 atom stereocenters. The number of hydrogen-bond donors (Lipinski definition) is 2. The molecule has 0 fully saturated rings. The van der Waals surface area contributed by atoms with Crippen LogP contribution in [0, 0.1) is 6.92 Å². The SMILES string of the molecule is Cc1ccc(S(=O)(=O)n2cc(-c3cncc(NC(C)C)n3)c3cc(-c4noc(N)n4)ccc32)cc1. The van der Waals surface area contributed by atoms with Crippen LogP contribution in [0.1, 0.15) is 19.4 Å². The van der Waals surface area contributed by atoms with Crippen molar-refractivity contribution in [3.05, 3.63) is 66.6 Å². The number of nitrogens with two attached hydrogens (primary N) is 1. The number of nitrogens with zero attached hydrogens (tertiary/aromatic N) is 5. The number of aromatic nitrogens is 5. The topological polar surface area (TPSA) is 142 Å². The highest BCUT2D eigenvalue weighted by molar-refractivity contribution is 7.90. The Hall–Kier alpha value is -4.25. The average molecular weight is 490 g/mol. The highest BCUT2D eigenvalue weighted by atomic mass is 32.2. The summed E-state index contributed by atoms with van der Waals surface area (Å²) in [4.78, 5) is 13.2. The van der Waals surface area contributed by atoms with Crippen LogP contribution in [-0.2, 0) is 10.0 Å². The van der Waals surface area contributed by atoms with Crippen molar-refractivity contribution in [1.29, 1.82) is 0 Å². The summed E-state index contributed by atoms with van der Waals surface area (Å²) in [7, 11) is -3.89. The lowest BCUT2D eigenvalue weighted by Gasteiger charge is -2.09. The first-order valence-corrected chi connectivity index (χ1v) is 12.3. The van der Waals surface area contributed by atoms with Gasteiger partial charge >= 0.3 is 6.01 Å². The fraction of sp³-hybridized carbons (Fsp3) is 0.167. The van der Waals surface area contributed by atoms with Crippen molar-refractivity contribution in [3.8, 4) is 22.6 Å². The number of nitrogen functional groups attached to an aromatic ring is 1. The molecule has 5 aromatic rings. The van der Waals surface area contributed by atoms with Gasteiger partial charge in [0, 0.05) is 28.8 Å². The fourth-order valence-corrected chi connectivity index (χ4v) is 5.15. The van der Waals surface area contributed by atoms with Crippen molar-refractivity contribution in [2.45, 2.75) is 31.7 Å². The third kappa shape index (κ3) is 4.21. The first-order valence-electron chi connectivity index (χ1n) is 10.9. The molecule has 3 aromatic heterocycles. The monoisotopic (exact) mass is 489 g/mol. The molecule has 0 unspecified atom stereocenters. The molecular weight excluding hydrogens is 466 g/mol. The number of aryl methyl sites for hydroxylation is 1. The van der Waals surface area contributed by atoms with Gasteiger partial charge in [-0.25, -0.2) is 17.4 Å². The quantitative estimate of drug-likeness (QED) is 0.360. The Morgan fingerprint density at radius 3 is 2.51 bits per heavy atom. The predicted molar refractivity (Wildman–Crippen MR) is 133 cm³/mol. The molecule has 3 N–H and O–H groups in total. The molecule has 3 heterocycles. The zero-order valence-electron chi connectivity index (χ0n) is 19.3. The summed E-state index contributed by atoms with van der Waals surface area (Å²) >= 11 is 0. The number of hydrogen-bond acceptors (Lipinski definition) is 9. The molecule has 10 nitrogen and oxygen atoms in total. The minimum Gasteiger partial charge on any atom is -0.367 e. The highest BCUT2D eigenvalue weighted by Crippen LogP contribution is 2.35. The zero-order chi connectivity index (χ0) is 24.7. The van der Waals surface area contributed by atoms with E-state index in [0.717, 1.165) is 5.56 Å². The molecule has 0 saturated heterocycles. The van der Waals surface area contributed by atoms with Gasteiger partial charge in [0.2, 0.25) is 5.82 Å². The molecule has 11 heteroatoms. The predicted octanol–water partition coefficient (Wildman–Crippen LogP) is 4.10. The van der Waals surface area contributed by atoms with Crippen LogP contribution in [-0.4, -0.2) is 38.5 Å². The van der Waals surface area contributed by atoms with Crippen molar-refractivity contribution in [2.75, 3.05) is 11.1 Å². The van der Waals surface area contributed by atoms with Crippen LogP contribution in [0.2, 0.25) is 0 Å². The van der Waals surface area contributed by atoms with Crippen molar-refractivity contribution in [2.24, 2.45) is 0 Å². The van der Waals surface area contributed by atoms with Gasteiger partial charge < -0.3 is 15.6 Å². The van der Waals surface area contributed by atoms with Crippen molar-refractivity contribution >= 4 is 32.8 Å². The summed E-state index contributed by atoms with van der Waals surface area (Å²) in [5.41, 5.74) is 8.77. The first kappa shape index (κ1) is 22.5. The van der Waals surface area contributed by atoms with E-state index in [4.69, 9.17) is 10.3 Å². The van der Waals surface area contributed by atoms with Gasteiger partial charge in [0.05, 0.1) is 28.5 Å². The molecule has 5 rings (SSSR count). The molecule has 0 aliphatic carbocycles. The van der Waals surface area contributed by atoms with Crippen LogP contribution in [0.25, 0.3) is 33.5 Å². The van der Waals surface area contributed by atoms with Gasteiger partial charge in [0.1, 0.15) is 5.82 Å². The minimum atomic E-state index is -3.89. The Morgan fingerprint density at radius 1 is 1.06 bits per heavy atom. The van der Waals surface area contributed by atoms with Gasteiger partial charge in [-0.2, -0.15) is 4.98 Å². The van der Waals surface area contributed by atoms with E-state index >= 15 is 0 Å². The molecule has 35 heavy (non-hydrogen) atoms. The summed E-state index contributed by atoms with van der Waals surface area (Å²) in [6.45, 7) is 5.90. The van der Waals surface area contributed by atoms with E-state index < -0.39 is 10.0 Å². The molecule has 0 aliphatic rings. The molecule has 0 spiro atoms. The molecular formula is C24H23N7O3S. The van der Waals surface area contributed by atoms with E-state index in [1.54, 1.807) is 61.1 Å². The molecule has 0 amide bonds. The Morgan fingerprint density at radius 2 is 1.83 bits per heavy atom. The Labute approximate surface area is 201 Å². The smallest absolute Gasteiger partial charge is 0.319 e. The fourth-order valence-electron chi connectivity index (χ4n) is 3.78. The lowest BCUT2D eigenvalue weighted by molar-refractivity contribution is 0.437. The van der Waals surface area contributed by atoms with E-state index in [1.165, 1.54) is 3.97 Å². The molecule has 2 aromatic carbocycles. The maximum absolute atomic E-state index is 13.6. The zero-order valence-corrected chi connectivity index (χ0v) is 20.1. The average Bonchev–Trinajstić information content (AvgIpc) is 3.43. The van der Waals surface area contributed by atoms with Crippen LogP contribution in [0.15, 0.2) is 70.5 Å². The van der Waals surface area contributed by atoms with E-state index in [0.29, 0.717) is 39.4 Å². The molecule has 0 aliphatic heterocycles. The van der Waals surface area contributed by atoms with E-state index in [1.807, 2.05) is 20.8 Å². The number of fused-ring (bicyclic) bond motifs is 1. The third-order valence-corrected chi connectivity index (χ3v) is 7.08. The van der Waals surface area contributed by atoms with Gasteiger partial charge in [-0.1, -0.05) is 22.9 Å². The van der Waals surface area contributed by atoms with Crippen LogP contribution < -0.4 is 11.1 Å². The molecule has 178 valence electrons. The van der Waals surface area contributed by atoms with Crippen LogP contribution in [0.5, 0.6) is 0 Å². The van der Waals surface area contributed by atoms with Crippen LogP contribution in [0.3, 0.4) is 0 Å². The number of benzene rings is 2. The lowest BCUT2D eigenvalue weighted by atomic mass is 10.1. The third-order valence-electron chi connectivity index (χ3n) is 5.40. The Kier molecular flexibility index (Phi) is 5.48. The second kappa shape index (κ2) is 8.51. The largest absolute Gasteiger partial charge is 0.367 e. The van der Waals surface area contributed by atoms with E-state index in [-0.39, 0.29) is 17.0 Å². The van der Waals surface area contributed by atoms with Gasteiger partial charge in [0.15, 0.2) is 0 Å². The number of anilines is 2. The second-order valence-electron chi connectivity index (χ2n) is 8.43. The molecule has 0 radical (unpaired) electrons.